The van der Waals surface area contributed by atoms with E-state index in [1.807, 2.05) is 18.7 Å². The van der Waals surface area contributed by atoms with Gasteiger partial charge in [0.1, 0.15) is 12.0 Å². The highest BCUT2D eigenvalue weighted by Crippen LogP contribution is 2.29. The third-order valence-corrected chi connectivity index (χ3v) is 5.34. The van der Waals surface area contributed by atoms with E-state index in [0.29, 0.717) is 24.5 Å². The summed E-state index contributed by atoms with van der Waals surface area (Å²) in [4.78, 5) is 42.7. The van der Waals surface area contributed by atoms with E-state index < -0.39 is 0 Å². The molecule has 0 aliphatic carbocycles. The Morgan fingerprint density at radius 1 is 1.08 bits per heavy atom. The van der Waals surface area contributed by atoms with Gasteiger partial charge in [0.2, 0.25) is 0 Å². The second-order valence-corrected chi connectivity index (χ2v) is 6.87. The molecule has 0 saturated carbocycles. The Bertz CT molecular complexity index is 757. The first kappa shape index (κ1) is 16.0. The summed E-state index contributed by atoms with van der Waals surface area (Å²) in [7, 11) is 0. The molecule has 0 bridgehead atoms. The molecule has 2 atom stereocenters. The number of carbonyl (C=O) groups excluding carboxylic acids is 2. The van der Waals surface area contributed by atoms with E-state index >= 15 is 0 Å². The van der Waals surface area contributed by atoms with Crippen LogP contribution >= 0.6 is 0 Å². The summed E-state index contributed by atoms with van der Waals surface area (Å²) in [5.74, 6) is -0.345. The van der Waals surface area contributed by atoms with Crippen LogP contribution in [-0.4, -0.2) is 69.6 Å². The Morgan fingerprint density at radius 2 is 1.84 bits per heavy atom. The van der Waals surface area contributed by atoms with Gasteiger partial charge in [-0.2, -0.15) is 0 Å². The van der Waals surface area contributed by atoms with E-state index in [1.165, 1.54) is 6.33 Å². The van der Waals surface area contributed by atoms with Crippen LogP contribution in [0.5, 0.6) is 0 Å². The smallest absolute Gasteiger partial charge is 0.273 e. The molecule has 0 aromatic carbocycles. The van der Waals surface area contributed by atoms with Crippen LogP contribution in [0.15, 0.2) is 11.5 Å². The average Bonchev–Trinajstić information content (AvgIpc) is 3.32. The number of likely N-dealkylation sites (tertiary alicyclic amines) is 2. The predicted molar refractivity (Wildman–Crippen MR) is 89.0 cm³/mol. The number of aromatic nitrogens is 2. The lowest BCUT2D eigenvalue weighted by atomic mass is 10.00. The zero-order chi connectivity index (χ0) is 17.6. The largest absolute Gasteiger partial charge is 0.389 e. The summed E-state index contributed by atoms with van der Waals surface area (Å²) >= 11 is 0. The average molecular weight is 343 g/mol. The topological polar surface area (TPSA) is 88.0 Å². The molecule has 1 aromatic rings. The minimum Gasteiger partial charge on any atom is -0.389 e. The van der Waals surface area contributed by atoms with E-state index in [1.54, 1.807) is 4.90 Å². The number of aryl methyl sites for hydroxylation is 1. The second-order valence-electron chi connectivity index (χ2n) is 6.87. The molecule has 0 unspecified atom stereocenters. The van der Waals surface area contributed by atoms with E-state index in [0.717, 1.165) is 37.2 Å². The van der Waals surface area contributed by atoms with Crippen LogP contribution in [0.2, 0.25) is 0 Å². The molecular formula is C17H21N5O3. The van der Waals surface area contributed by atoms with Crippen LogP contribution in [-0.2, 0) is 9.63 Å². The number of fused-ring (bicyclic) bond motifs is 1. The van der Waals surface area contributed by atoms with Crippen molar-refractivity contribution in [3.8, 4) is 0 Å². The molecule has 0 N–H and O–H groups in total. The van der Waals surface area contributed by atoms with Gasteiger partial charge in [0.05, 0.1) is 12.5 Å². The van der Waals surface area contributed by atoms with Crippen molar-refractivity contribution in [1.82, 2.24) is 19.8 Å². The number of hydrogen-bond acceptors (Lipinski definition) is 6. The molecule has 1 aromatic heterocycles. The summed E-state index contributed by atoms with van der Waals surface area (Å²) in [6.07, 6.45) is 3.23. The monoisotopic (exact) mass is 343 g/mol. The molecule has 4 rings (SSSR count). The van der Waals surface area contributed by atoms with E-state index in [2.05, 4.69) is 15.1 Å². The van der Waals surface area contributed by atoms with Gasteiger partial charge in [0, 0.05) is 30.9 Å². The fourth-order valence-electron chi connectivity index (χ4n) is 3.68. The van der Waals surface area contributed by atoms with Crippen LogP contribution in [0, 0.1) is 19.8 Å². The molecule has 0 radical (unpaired) electrons. The summed E-state index contributed by atoms with van der Waals surface area (Å²) in [5, 5.41) is 4.02. The lowest BCUT2D eigenvalue weighted by Crippen LogP contribution is -2.39. The third-order valence-electron chi connectivity index (χ3n) is 5.34. The van der Waals surface area contributed by atoms with Crippen molar-refractivity contribution in [1.29, 1.82) is 0 Å². The van der Waals surface area contributed by atoms with Crippen molar-refractivity contribution in [2.45, 2.75) is 32.8 Å². The SMILES string of the molecule is Cc1ncnc(C(=O)N2C[C@@H]3C(C(=O)N4CCCC4)=NO[C@@H]3C2)c1C. The summed E-state index contributed by atoms with van der Waals surface area (Å²) in [6, 6.07) is 0. The molecule has 8 nitrogen and oxygen atoms in total. The van der Waals surface area contributed by atoms with Gasteiger partial charge in [-0.15, -0.1) is 0 Å². The van der Waals surface area contributed by atoms with Gasteiger partial charge in [-0.1, -0.05) is 5.16 Å². The quantitative estimate of drug-likeness (QED) is 0.782. The lowest BCUT2D eigenvalue weighted by molar-refractivity contribution is -0.123. The van der Waals surface area contributed by atoms with Gasteiger partial charge < -0.3 is 14.6 Å². The van der Waals surface area contributed by atoms with Gasteiger partial charge in [-0.25, -0.2) is 9.97 Å². The van der Waals surface area contributed by atoms with Gasteiger partial charge >= 0.3 is 0 Å². The second kappa shape index (κ2) is 6.09. The number of rotatable bonds is 2. The first-order valence-corrected chi connectivity index (χ1v) is 8.66. The molecule has 0 spiro atoms. The molecule has 3 aliphatic heterocycles. The Kier molecular flexibility index (Phi) is 3.89. The van der Waals surface area contributed by atoms with Crippen molar-refractivity contribution < 1.29 is 14.4 Å². The van der Waals surface area contributed by atoms with E-state index in [4.69, 9.17) is 4.84 Å². The molecular weight excluding hydrogens is 322 g/mol. The van der Waals surface area contributed by atoms with Crippen molar-refractivity contribution in [3.63, 3.8) is 0 Å². The zero-order valence-corrected chi connectivity index (χ0v) is 14.4. The van der Waals surface area contributed by atoms with Crippen molar-refractivity contribution in [3.05, 3.63) is 23.3 Å². The van der Waals surface area contributed by atoms with Gasteiger partial charge in [-0.05, 0) is 26.7 Å². The maximum atomic E-state index is 12.8. The molecule has 8 heteroatoms. The minimum absolute atomic E-state index is 0.0478. The maximum Gasteiger partial charge on any atom is 0.273 e. The molecule has 4 heterocycles. The predicted octanol–water partition coefficient (Wildman–Crippen LogP) is 0.543. The van der Waals surface area contributed by atoms with Gasteiger partial charge in [-0.3, -0.25) is 9.59 Å². The molecule has 25 heavy (non-hydrogen) atoms. The standard InChI is InChI=1S/C17H21N5O3/c1-10-11(2)18-9-19-14(10)16(23)22-7-12-13(8-22)25-20-15(12)17(24)21-5-3-4-6-21/h9,12-13H,3-8H2,1-2H3/t12-,13+/m0/s1. The summed E-state index contributed by atoms with van der Waals surface area (Å²) in [5.41, 5.74) is 2.45. The Labute approximate surface area is 145 Å². The normalized spacial score (nSPS) is 25.0. The van der Waals surface area contributed by atoms with Crippen molar-refractivity contribution in [2.24, 2.45) is 11.1 Å². The number of oxime groups is 1. The molecule has 2 amide bonds. The number of amides is 2. The molecule has 2 saturated heterocycles. The maximum absolute atomic E-state index is 12.8. The third kappa shape index (κ3) is 2.65. The fourth-order valence-corrected chi connectivity index (χ4v) is 3.68. The number of nitrogens with zero attached hydrogens (tertiary/aromatic N) is 5. The van der Waals surface area contributed by atoms with Crippen LogP contribution in [0.1, 0.15) is 34.6 Å². The van der Waals surface area contributed by atoms with Crippen LogP contribution in [0.3, 0.4) is 0 Å². The first-order valence-electron chi connectivity index (χ1n) is 8.66. The van der Waals surface area contributed by atoms with E-state index in [9.17, 15) is 9.59 Å². The minimum atomic E-state index is -0.242. The van der Waals surface area contributed by atoms with Crippen LogP contribution < -0.4 is 0 Å². The molecule has 132 valence electrons. The number of hydrogen-bond donors (Lipinski definition) is 0. The highest BCUT2D eigenvalue weighted by Gasteiger charge is 2.47. The zero-order valence-electron chi connectivity index (χ0n) is 14.4. The highest BCUT2D eigenvalue weighted by molar-refractivity contribution is 6.40. The summed E-state index contributed by atoms with van der Waals surface area (Å²) in [6.45, 7) is 6.11. The molecule has 2 fully saturated rings. The van der Waals surface area contributed by atoms with Crippen LogP contribution in [0.4, 0.5) is 0 Å². The lowest BCUT2D eigenvalue weighted by Gasteiger charge is -2.19. The van der Waals surface area contributed by atoms with Crippen molar-refractivity contribution in [2.75, 3.05) is 26.2 Å². The Hall–Kier alpha value is -2.51. The first-order chi connectivity index (χ1) is 12.1. The number of carbonyl (C=O) groups is 2. The Morgan fingerprint density at radius 3 is 2.60 bits per heavy atom. The van der Waals surface area contributed by atoms with E-state index in [-0.39, 0.29) is 23.8 Å². The van der Waals surface area contributed by atoms with Gasteiger partial charge in [0.25, 0.3) is 11.8 Å². The van der Waals surface area contributed by atoms with Gasteiger partial charge in [0.15, 0.2) is 11.8 Å². The fraction of sp³-hybridized carbons (Fsp3) is 0.588. The Balaban J connectivity index is 1.49. The van der Waals surface area contributed by atoms with Crippen LogP contribution in [0.25, 0.3) is 0 Å². The molecule has 3 aliphatic rings. The summed E-state index contributed by atoms with van der Waals surface area (Å²) < 4.78 is 0. The van der Waals surface area contributed by atoms with Crippen molar-refractivity contribution >= 4 is 17.5 Å². The highest BCUT2D eigenvalue weighted by atomic mass is 16.6.